The van der Waals surface area contributed by atoms with Crippen molar-refractivity contribution in [2.45, 2.75) is 32.1 Å². The molecule has 1 aliphatic rings. The quantitative estimate of drug-likeness (QED) is 0.561. The predicted molar refractivity (Wildman–Crippen MR) is 106 cm³/mol. The molecule has 0 unspecified atom stereocenters. The lowest BCUT2D eigenvalue weighted by molar-refractivity contribution is 0.460. The van der Waals surface area contributed by atoms with Crippen LogP contribution in [-0.4, -0.2) is 25.3 Å². The van der Waals surface area contributed by atoms with Gasteiger partial charge in [0.25, 0.3) is 0 Å². The lowest BCUT2D eigenvalue weighted by Crippen LogP contribution is -2.27. The zero-order valence-corrected chi connectivity index (χ0v) is 16.1. The first-order chi connectivity index (χ1) is 12.3. The van der Waals surface area contributed by atoms with Gasteiger partial charge >= 0.3 is 0 Å². The van der Waals surface area contributed by atoms with Crippen molar-refractivity contribution in [3.8, 4) is 0 Å². The molecule has 0 radical (unpaired) electrons. The van der Waals surface area contributed by atoms with Crippen LogP contribution in [0.15, 0.2) is 60.8 Å². The summed E-state index contributed by atoms with van der Waals surface area (Å²) >= 11 is 0. The zero-order valence-electron chi connectivity index (χ0n) is 15.2. The van der Waals surface area contributed by atoms with E-state index in [2.05, 4.69) is 55.7 Å². The highest BCUT2D eigenvalue weighted by Gasteiger charge is 2.40. The molecule has 0 fully saturated rings. The van der Waals surface area contributed by atoms with Crippen molar-refractivity contribution in [1.29, 1.82) is 0 Å². The Hall–Kier alpha value is -2.11. The largest absolute Gasteiger partial charge is 0.748 e. The second-order valence-corrected chi connectivity index (χ2v) is 8.74. The van der Waals surface area contributed by atoms with E-state index in [9.17, 15) is 13.0 Å². The van der Waals surface area contributed by atoms with Gasteiger partial charge in [0.05, 0.1) is 10.1 Å². The van der Waals surface area contributed by atoms with Gasteiger partial charge in [-0.15, -0.1) is 0 Å². The van der Waals surface area contributed by atoms with E-state index in [1.807, 2.05) is 12.1 Å². The summed E-state index contributed by atoms with van der Waals surface area (Å²) in [5.41, 5.74) is 3.38. The maximum atomic E-state index is 10.8. The molecule has 0 saturated carbocycles. The first-order valence-corrected chi connectivity index (χ1v) is 10.4. The topological polar surface area (TPSA) is 60.4 Å². The van der Waals surface area contributed by atoms with Gasteiger partial charge in [0.2, 0.25) is 0 Å². The molecule has 1 aliphatic heterocycles. The maximum absolute atomic E-state index is 10.8. The number of unbranched alkanes of at least 4 members (excludes halogenated alkanes) is 1. The third kappa shape index (κ3) is 3.41. The van der Waals surface area contributed by atoms with Crippen LogP contribution in [0.5, 0.6) is 0 Å². The average molecular weight is 370 g/mol. The normalized spacial score (nSPS) is 17.7. The molecule has 2 aromatic rings. The molecule has 0 amide bonds. The Labute approximate surface area is 155 Å². The second-order valence-electron chi connectivity index (χ2n) is 7.21. The van der Waals surface area contributed by atoms with E-state index >= 15 is 0 Å². The van der Waals surface area contributed by atoms with Crippen molar-refractivity contribution in [3.63, 3.8) is 0 Å². The van der Waals surface area contributed by atoms with Gasteiger partial charge in [-0.25, -0.2) is 8.42 Å². The van der Waals surface area contributed by atoms with Crippen molar-refractivity contribution in [3.05, 3.63) is 66.4 Å². The van der Waals surface area contributed by atoms with Gasteiger partial charge in [0.1, 0.15) is 0 Å². The van der Waals surface area contributed by atoms with Crippen LogP contribution in [0.25, 0.3) is 10.8 Å². The summed E-state index contributed by atoms with van der Waals surface area (Å²) in [5.74, 6) is -0.310. The first kappa shape index (κ1) is 18.7. The van der Waals surface area contributed by atoms with Gasteiger partial charge in [0.15, 0.2) is 0 Å². The molecule has 5 heteroatoms. The van der Waals surface area contributed by atoms with Crippen molar-refractivity contribution in [2.75, 3.05) is 17.2 Å². The van der Waals surface area contributed by atoms with Gasteiger partial charge in [-0.1, -0.05) is 56.8 Å². The SMILES string of the molecule is C=C/C=C1/N(CCCCS(=O)(=O)[O-])c2ccc3ccccc3c2C1(C)C. The predicted octanol–water partition coefficient (Wildman–Crippen LogP) is 4.33. The van der Waals surface area contributed by atoms with Crippen LogP contribution in [0.2, 0.25) is 0 Å². The Bertz CT molecular complexity index is 974. The van der Waals surface area contributed by atoms with Crippen LogP contribution in [0, 0.1) is 0 Å². The van der Waals surface area contributed by atoms with E-state index in [-0.39, 0.29) is 11.2 Å². The highest BCUT2D eigenvalue weighted by molar-refractivity contribution is 7.85. The summed E-state index contributed by atoms with van der Waals surface area (Å²) in [6.45, 7) is 8.93. The fraction of sp³-hybridized carbons (Fsp3) is 0.333. The molecule has 3 rings (SSSR count). The molecule has 0 N–H and O–H groups in total. The molecular weight excluding hydrogens is 346 g/mol. The van der Waals surface area contributed by atoms with Crippen LogP contribution in [0.4, 0.5) is 5.69 Å². The fourth-order valence-electron chi connectivity index (χ4n) is 3.94. The highest BCUT2D eigenvalue weighted by atomic mass is 32.2. The summed E-state index contributed by atoms with van der Waals surface area (Å²) in [5, 5.41) is 2.44. The van der Waals surface area contributed by atoms with E-state index in [0.717, 1.165) is 11.4 Å². The molecule has 26 heavy (non-hydrogen) atoms. The van der Waals surface area contributed by atoms with Crippen molar-refractivity contribution >= 4 is 26.6 Å². The number of fused-ring (bicyclic) bond motifs is 3. The summed E-state index contributed by atoms with van der Waals surface area (Å²) in [6.07, 6.45) is 4.82. The number of anilines is 1. The number of nitrogens with zero attached hydrogens (tertiary/aromatic N) is 1. The van der Waals surface area contributed by atoms with Crippen LogP contribution in [0.3, 0.4) is 0 Å². The van der Waals surface area contributed by atoms with Crippen molar-refractivity contribution in [1.82, 2.24) is 0 Å². The Balaban J connectivity index is 2.01. The van der Waals surface area contributed by atoms with E-state index in [1.165, 1.54) is 16.3 Å². The highest BCUT2D eigenvalue weighted by Crippen LogP contribution is 2.50. The smallest absolute Gasteiger partial charge is 0.0945 e. The standard InChI is InChI=1S/C21H25NO3S/c1-4-9-19-21(2,3)20-17-11-6-5-10-16(17)12-13-18(20)22(19)14-7-8-15-26(23,24)25/h4-6,9-13H,1,7-8,14-15H2,2-3H3,(H,23,24,25)/p-1/b19-9+. The van der Waals surface area contributed by atoms with Crippen LogP contribution < -0.4 is 4.90 Å². The third-order valence-electron chi connectivity index (χ3n) is 5.06. The number of hydrogen-bond donors (Lipinski definition) is 0. The molecular formula is C21H24NO3S-. The van der Waals surface area contributed by atoms with Crippen LogP contribution in [-0.2, 0) is 15.5 Å². The Morgan fingerprint density at radius 2 is 1.88 bits per heavy atom. The van der Waals surface area contributed by atoms with Crippen LogP contribution in [0.1, 0.15) is 32.3 Å². The van der Waals surface area contributed by atoms with Gasteiger partial charge in [0, 0.05) is 29.1 Å². The monoisotopic (exact) mass is 370 g/mol. The Morgan fingerprint density at radius 1 is 1.15 bits per heavy atom. The van der Waals surface area contributed by atoms with Crippen LogP contribution >= 0.6 is 0 Å². The number of rotatable bonds is 6. The molecule has 0 atom stereocenters. The van der Waals surface area contributed by atoms with E-state index < -0.39 is 10.1 Å². The van der Waals surface area contributed by atoms with E-state index in [0.29, 0.717) is 19.4 Å². The third-order valence-corrected chi connectivity index (χ3v) is 5.84. The minimum atomic E-state index is -4.16. The first-order valence-electron chi connectivity index (χ1n) is 8.82. The number of benzene rings is 2. The number of allylic oxidation sites excluding steroid dienone is 3. The van der Waals surface area contributed by atoms with Crippen molar-refractivity contribution < 1.29 is 13.0 Å². The molecule has 0 aliphatic carbocycles. The lowest BCUT2D eigenvalue weighted by Gasteiger charge is -2.27. The number of hydrogen-bond acceptors (Lipinski definition) is 4. The van der Waals surface area contributed by atoms with Gasteiger partial charge < -0.3 is 9.45 Å². The molecule has 0 bridgehead atoms. The molecule has 0 spiro atoms. The summed E-state index contributed by atoms with van der Waals surface area (Å²) in [7, 11) is -4.16. The minimum Gasteiger partial charge on any atom is -0.748 e. The maximum Gasteiger partial charge on any atom is 0.0945 e. The minimum absolute atomic E-state index is 0.186. The molecule has 0 aromatic heterocycles. The summed E-state index contributed by atoms with van der Waals surface area (Å²) < 4.78 is 32.5. The average Bonchev–Trinajstić information content (AvgIpc) is 2.79. The van der Waals surface area contributed by atoms with Gasteiger partial charge in [-0.05, 0) is 41.3 Å². The lowest BCUT2D eigenvalue weighted by atomic mass is 9.81. The Kier molecular flexibility index (Phi) is 4.95. The van der Waals surface area contributed by atoms with Gasteiger partial charge in [-0.2, -0.15) is 0 Å². The van der Waals surface area contributed by atoms with E-state index in [4.69, 9.17) is 0 Å². The second kappa shape index (κ2) is 6.89. The van der Waals surface area contributed by atoms with Gasteiger partial charge in [-0.3, -0.25) is 0 Å². The van der Waals surface area contributed by atoms with E-state index in [1.54, 1.807) is 6.08 Å². The molecule has 138 valence electrons. The fourth-order valence-corrected chi connectivity index (χ4v) is 4.49. The summed E-state index contributed by atoms with van der Waals surface area (Å²) in [6, 6.07) is 12.6. The molecule has 0 saturated heterocycles. The molecule has 2 aromatic carbocycles. The molecule has 4 nitrogen and oxygen atoms in total. The van der Waals surface area contributed by atoms with Crippen molar-refractivity contribution in [2.24, 2.45) is 0 Å². The molecule has 1 heterocycles. The Morgan fingerprint density at radius 3 is 2.58 bits per heavy atom. The summed E-state index contributed by atoms with van der Waals surface area (Å²) in [4.78, 5) is 2.24. The zero-order chi connectivity index (χ0) is 18.9.